The number of unbranched alkanes of at least 4 members (excludes halogenated alkanes) is 7. The molecule has 0 aromatic rings. The number of urea groups is 1. The van der Waals surface area contributed by atoms with Crippen LogP contribution in [0.15, 0.2) is 48.6 Å². The van der Waals surface area contributed by atoms with Gasteiger partial charge in [0, 0.05) is 36.9 Å². The summed E-state index contributed by atoms with van der Waals surface area (Å²) in [6.45, 7) is 3.64. The van der Waals surface area contributed by atoms with Crippen molar-refractivity contribution < 1.29 is 14.4 Å². The molecule has 242 valence electrons. The number of hydrogen-bond donors (Lipinski definition) is 4. The molecule has 3 atom stereocenters. The van der Waals surface area contributed by atoms with Crippen LogP contribution in [0.3, 0.4) is 0 Å². The molecule has 2 aliphatic heterocycles. The first-order valence-electron chi connectivity index (χ1n) is 16.9. The predicted octanol–water partition coefficient (Wildman–Crippen LogP) is 7.26. The smallest absolute Gasteiger partial charge is 0.315 e. The maximum atomic E-state index is 12.1. The standard InChI is InChI=1S/C35H58N4O3S/c1-2-3-4-5-6-7-8-9-10-11-12-13-14-15-16-17-19-25-32(40)36-27-22-18-23-28-37-33(41)26-21-20-24-31-34-30(29-43-31)38-35(42)39-34/h6-7,9-10,12-13,15-16,30-31,34H,2-5,8,11,14,17-29H2,1H3,(H,36,40)(H,37,41)(H2,38,39,42)/t30-,31-,34-/m0/s1. The van der Waals surface area contributed by atoms with E-state index < -0.39 is 0 Å². The Bertz CT molecular complexity index is 902. The third-order valence-electron chi connectivity index (χ3n) is 7.81. The van der Waals surface area contributed by atoms with Crippen LogP contribution in [0.1, 0.15) is 116 Å². The fourth-order valence-electron chi connectivity index (χ4n) is 5.27. The van der Waals surface area contributed by atoms with Gasteiger partial charge in [-0.05, 0) is 77.0 Å². The molecule has 0 bridgehead atoms. The summed E-state index contributed by atoms with van der Waals surface area (Å²) in [7, 11) is 0. The molecule has 43 heavy (non-hydrogen) atoms. The van der Waals surface area contributed by atoms with Crippen molar-refractivity contribution in [1.82, 2.24) is 21.3 Å². The minimum Gasteiger partial charge on any atom is -0.356 e. The van der Waals surface area contributed by atoms with Crippen LogP contribution in [-0.4, -0.2) is 54.0 Å². The summed E-state index contributed by atoms with van der Waals surface area (Å²) in [5.41, 5.74) is 0. The van der Waals surface area contributed by atoms with E-state index in [2.05, 4.69) is 76.8 Å². The van der Waals surface area contributed by atoms with Crippen molar-refractivity contribution in [2.24, 2.45) is 0 Å². The van der Waals surface area contributed by atoms with Gasteiger partial charge < -0.3 is 21.3 Å². The summed E-state index contributed by atoms with van der Waals surface area (Å²) in [4.78, 5) is 35.6. The minimum absolute atomic E-state index is 0.0453. The third kappa shape index (κ3) is 18.7. The van der Waals surface area contributed by atoms with Gasteiger partial charge in [0.1, 0.15) is 0 Å². The van der Waals surface area contributed by atoms with E-state index in [9.17, 15) is 14.4 Å². The molecule has 0 aromatic carbocycles. The minimum atomic E-state index is -0.0453. The molecular weight excluding hydrogens is 556 g/mol. The van der Waals surface area contributed by atoms with Gasteiger partial charge in [-0.15, -0.1) is 0 Å². The van der Waals surface area contributed by atoms with Crippen molar-refractivity contribution in [2.75, 3.05) is 18.8 Å². The molecule has 4 N–H and O–H groups in total. The number of nitrogens with one attached hydrogen (secondary N) is 4. The largest absolute Gasteiger partial charge is 0.356 e. The lowest BCUT2D eigenvalue weighted by Gasteiger charge is -2.16. The lowest BCUT2D eigenvalue weighted by molar-refractivity contribution is -0.121. The van der Waals surface area contributed by atoms with Crippen molar-refractivity contribution in [3.05, 3.63) is 48.6 Å². The Labute approximate surface area is 265 Å². The fraction of sp³-hybridized carbons (Fsp3) is 0.686. The zero-order valence-electron chi connectivity index (χ0n) is 26.6. The molecule has 2 heterocycles. The van der Waals surface area contributed by atoms with Crippen molar-refractivity contribution in [1.29, 1.82) is 0 Å². The van der Waals surface area contributed by atoms with Crippen LogP contribution >= 0.6 is 11.8 Å². The number of amides is 4. The zero-order valence-corrected chi connectivity index (χ0v) is 27.4. The number of carbonyl (C=O) groups excluding carboxylic acids is 3. The van der Waals surface area contributed by atoms with Gasteiger partial charge in [-0.1, -0.05) is 74.8 Å². The van der Waals surface area contributed by atoms with Crippen LogP contribution in [0.25, 0.3) is 0 Å². The molecule has 2 aliphatic rings. The van der Waals surface area contributed by atoms with Crippen LogP contribution in [-0.2, 0) is 9.59 Å². The topological polar surface area (TPSA) is 99.3 Å². The van der Waals surface area contributed by atoms with E-state index in [0.717, 1.165) is 76.4 Å². The van der Waals surface area contributed by atoms with Crippen molar-refractivity contribution in [3.8, 4) is 0 Å². The highest BCUT2D eigenvalue weighted by Crippen LogP contribution is 2.33. The van der Waals surface area contributed by atoms with E-state index in [1.165, 1.54) is 25.7 Å². The summed E-state index contributed by atoms with van der Waals surface area (Å²) >= 11 is 1.92. The Morgan fingerprint density at radius 3 is 1.93 bits per heavy atom. The molecule has 0 spiro atoms. The molecule has 0 aliphatic carbocycles. The van der Waals surface area contributed by atoms with Crippen LogP contribution < -0.4 is 21.3 Å². The van der Waals surface area contributed by atoms with E-state index >= 15 is 0 Å². The van der Waals surface area contributed by atoms with Gasteiger partial charge in [0.05, 0.1) is 12.1 Å². The molecule has 2 fully saturated rings. The SMILES string of the molecule is CCCCCC=CCC=CCC=CCC=CCCCC(=O)NCCCCCNC(=O)CCCC[C@@H]1SC[C@@H]2NC(=O)N[C@@H]21. The van der Waals surface area contributed by atoms with Crippen LogP contribution in [0.2, 0.25) is 0 Å². The second-order valence-electron chi connectivity index (χ2n) is 11.6. The van der Waals surface area contributed by atoms with E-state index in [4.69, 9.17) is 0 Å². The Morgan fingerprint density at radius 1 is 0.721 bits per heavy atom. The average Bonchev–Trinajstić information content (AvgIpc) is 3.55. The Kier molecular flexibility index (Phi) is 21.3. The highest BCUT2D eigenvalue weighted by atomic mass is 32.2. The highest BCUT2D eigenvalue weighted by Gasteiger charge is 2.42. The summed E-state index contributed by atoms with van der Waals surface area (Å²) in [6, 6.07) is 0.461. The summed E-state index contributed by atoms with van der Waals surface area (Å²) in [6.07, 6.45) is 34.6. The number of carbonyl (C=O) groups is 3. The van der Waals surface area contributed by atoms with Gasteiger partial charge in [-0.3, -0.25) is 9.59 Å². The van der Waals surface area contributed by atoms with Gasteiger partial charge in [0.25, 0.3) is 0 Å². The predicted molar refractivity (Wildman–Crippen MR) is 182 cm³/mol. The summed E-state index contributed by atoms with van der Waals surface area (Å²) in [5, 5.41) is 12.5. The molecule has 2 rings (SSSR count). The van der Waals surface area contributed by atoms with Gasteiger partial charge in [0.15, 0.2) is 0 Å². The molecule has 8 heteroatoms. The zero-order chi connectivity index (χ0) is 30.8. The maximum Gasteiger partial charge on any atom is 0.315 e. The average molecular weight is 615 g/mol. The summed E-state index contributed by atoms with van der Waals surface area (Å²) < 4.78 is 0. The van der Waals surface area contributed by atoms with Crippen molar-refractivity contribution >= 4 is 29.6 Å². The normalized spacial score (nSPS) is 19.9. The van der Waals surface area contributed by atoms with Gasteiger partial charge in [-0.25, -0.2) is 4.79 Å². The molecule has 0 saturated carbocycles. The van der Waals surface area contributed by atoms with Crippen molar-refractivity contribution in [3.63, 3.8) is 0 Å². The number of rotatable bonds is 25. The first-order valence-corrected chi connectivity index (χ1v) is 18.0. The van der Waals surface area contributed by atoms with Gasteiger partial charge in [0.2, 0.25) is 11.8 Å². The monoisotopic (exact) mass is 614 g/mol. The Morgan fingerprint density at radius 2 is 1.30 bits per heavy atom. The van der Waals surface area contributed by atoms with Gasteiger partial charge >= 0.3 is 6.03 Å². The number of thioether (sulfide) groups is 1. The molecule has 0 aromatic heterocycles. The second kappa shape index (κ2) is 24.9. The maximum absolute atomic E-state index is 12.1. The number of fused-ring (bicyclic) bond motifs is 1. The first-order chi connectivity index (χ1) is 21.1. The van der Waals surface area contributed by atoms with Crippen LogP contribution in [0.4, 0.5) is 4.79 Å². The Balaban J connectivity index is 1.30. The third-order valence-corrected chi connectivity index (χ3v) is 9.32. The molecular formula is C35H58N4O3S. The van der Waals surface area contributed by atoms with Crippen LogP contribution in [0, 0.1) is 0 Å². The van der Waals surface area contributed by atoms with E-state index in [0.29, 0.717) is 31.2 Å². The van der Waals surface area contributed by atoms with E-state index in [1.54, 1.807) is 0 Å². The molecule has 0 unspecified atom stereocenters. The number of hydrogen-bond acceptors (Lipinski definition) is 4. The first kappa shape index (κ1) is 36.7. The fourth-order valence-corrected chi connectivity index (χ4v) is 6.82. The molecule has 2 saturated heterocycles. The lowest BCUT2D eigenvalue weighted by atomic mass is 10.0. The van der Waals surface area contributed by atoms with Crippen LogP contribution in [0.5, 0.6) is 0 Å². The molecule has 4 amide bonds. The number of allylic oxidation sites excluding steroid dienone is 8. The highest BCUT2D eigenvalue weighted by molar-refractivity contribution is 8.00. The van der Waals surface area contributed by atoms with Gasteiger partial charge in [-0.2, -0.15) is 11.8 Å². The Hall–Kier alpha value is -2.48. The summed E-state index contributed by atoms with van der Waals surface area (Å²) in [5.74, 6) is 1.22. The van der Waals surface area contributed by atoms with E-state index in [-0.39, 0.29) is 29.9 Å². The van der Waals surface area contributed by atoms with E-state index in [1.807, 2.05) is 11.8 Å². The molecule has 7 nitrogen and oxygen atoms in total. The second-order valence-corrected chi connectivity index (χ2v) is 12.9. The quantitative estimate of drug-likeness (QED) is 0.0494. The molecule has 0 radical (unpaired) electrons. The van der Waals surface area contributed by atoms with Crippen molar-refractivity contribution in [2.45, 2.75) is 133 Å². The lowest BCUT2D eigenvalue weighted by Crippen LogP contribution is -2.36.